The number of carbonyl (C=O) groups is 1. The minimum absolute atomic E-state index is 0.129. The fraction of sp³-hybridized carbons (Fsp3) is 0.800. The lowest BCUT2D eigenvalue weighted by Gasteiger charge is -2.54. The first-order valence-electron chi connectivity index (χ1n) is 7.71. The van der Waals surface area contributed by atoms with Gasteiger partial charge in [0.15, 0.2) is 0 Å². The SMILES string of the molecule is O=C1[C@@H]2C[C@H](CN3CCCCC23)C2=CCCC(O)N12. The lowest BCUT2D eigenvalue weighted by Crippen LogP contribution is -2.62. The van der Waals surface area contributed by atoms with E-state index in [-0.39, 0.29) is 11.8 Å². The summed E-state index contributed by atoms with van der Waals surface area (Å²) in [6.45, 7) is 2.24. The van der Waals surface area contributed by atoms with Crippen LogP contribution in [-0.4, -0.2) is 46.2 Å². The summed E-state index contributed by atoms with van der Waals surface area (Å²) >= 11 is 0. The highest BCUT2D eigenvalue weighted by molar-refractivity contribution is 5.83. The summed E-state index contributed by atoms with van der Waals surface area (Å²) in [5, 5.41) is 10.2. The molecule has 3 fully saturated rings. The quantitative estimate of drug-likeness (QED) is 0.716. The van der Waals surface area contributed by atoms with Crippen molar-refractivity contribution >= 4 is 5.91 Å². The van der Waals surface area contributed by atoms with Crippen LogP contribution in [0.3, 0.4) is 0 Å². The second-order valence-electron chi connectivity index (χ2n) is 6.49. The van der Waals surface area contributed by atoms with E-state index in [4.69, 9.17) is 0 Å². The lowest BCUT2D eigenvalue weighted by atomic mass is 9.73. The zero-order chi connectivity index (χ0) is 13.0. The highest BCUT2D eigenvalue weighted by Gasteiger charge is 2.50. The molecular formula is C15H22N2O2. The highest BCUT2D eigenvalue weighted by Crippen LogP contribution is 2.44. The molecule has 1 amide bonds. The Kier molecular flexibility index (Phi) is 2.71. The van der Waals surface area contributed by atoms with Crippen LogP contribution in [0.15, 0.2) is 11.8 Å². The van der Waals surface area contributed by atoms with Crippen LogP contribution in [0, 0.1) is 11.8 Å². The van der Waals surface area contributed by atoms with Crippen LogP contribution in [0.5, 0.6) is 0 Å². The smallest absolute Gasteiger partial charge is 0.233 e. The fourth-order valence-electron chi connectivity index (χ4n) is 4.60. The zero-order valence-corrected chi connectivity index (χ0v) is 11.3. The first-order valence-corrected chi connectivity index (χ1v) is 7.71. The van der Waals surface area contributed by atoms with Gasteiger partial charge in [0.05, 0.1) is 5.92 Å². The van der Waals surface area contributed by atoms with Gasteiger partial charge in [0.2, 0.25) is 5.91 Å². The number of allylic oxidation sites excluding steroid dienone is 1. The monoisotopic (exact) mass is 262 g/mol. The molecule has 104 valence electrons. The van der Waals surface area contributed by atoms with E-state index >= 15 is 0 Å². The molecule has 2 unspecified atom stereocenters. The minimum Gasteiger partial charge on any atom is -0.373 e. The summed E-state index contributed by atoms with van der Waals surface area (Å²) in [5.41, 5.74) is 1.11. The summed E-state index contributed by atoms with van der Waals surface area (Å²) in [6.07, 6.45) is 7.91. The molecule has 2 bridgehead atoms. The maximum absolute atomic E-state index is 12.7. The van der Waals surface area contributed by atoms with E-state index in [1.165, 1.54) is 12.8 Å². The van der Waals surface area contributed by atoms with Gasteiger partial charge in [-0.25, -0.2) is 0 Å². The van der Waals surface area contributed by atoms with Gasteiger partial charge in [-0.2, -0.15) is 0 Å². The van der Waals surface area contributed by atoms with Crippen LogP contribution in [0.1, 0.15) is 38.5 Å². The number of nitrogens with zero attached hydrogens (tertiary/aromatic N) is 2. The normalized spacial score (nSPS) is 42.5. The molecule has 4 heteroatoms. The molecule has 4 nitrogen and oxygen atoms in total. The Hall–Kier alpha value is -0.870. The Bertz CT molecular complexity index is 434. The van der Waals surface area contributed by atoms with Crippen LogP contribution in [0.2, 0.25) is 0 Å². The molecule has 3 saturated heterocycles. The second-order valence-corrected chi connectivity index (χ2v) is 6.49. The van der Waals surface area contributed by atoms with E-state index < -0.39 is 6.23 Å². The summed E-state index contributed by atoms with van der Waals surface area (Å²) < 4.78 is 0. The number of hydrogen-bond acceptors (Lipinski definition) is 3. The van der Waals surface area contributed by atoms with Crippen molar-refractivity contribution in [2.24, 2.45) is 11.8 Å². The molecular weight excluding hydrogens is 240 g/mol. The maximum atomic E-state index is 12.7. The number of carbonyl (C=O) groups excluding carboxylic acids is 1. The average Bonchev–Trinajstić information content (AvgIpc) is 2.44. The topological polar surface area (TPSA) is 43.8 Å². The zero-order valence-electron chi connectivity index (χ0n) is 11.3. The second kappa shape index (κ2) is 4.32. The summed E-state index contributed by atoms with van der Waals surface area (Å²) in [5.74, 6) is 0.780. The van der Waals surface area contributed by atoms with Crippen molar-refractivity contribution in [2.45, 2.75) is 50.8 Å². The molecule has 4 aliphatic rings. The average molecular weight is 262 g/mol. The molecule has 4 atom stereocenters. The van der Waals surface area contributed by atoms with Crippen molar-refractivity contribution in [1.82, 2.24) is 9.80 Å². The van der Waals surface area contributed by atoms with Gasteiger partial charge in [-0.3, -0.25) is 14.6 Å². The van der Waals surface area contributed by atoms with Crippen LogP contribution >= 0.6 is 0 Å². The third-order valence-electron chi connectivity index (χ3n) is 5.45. The Morgan fingerprint density at radius 3 is 3.05 bits per heavy atom. The Morgan fingerprint density at radius 1 is 1.26 bits per heavy atom. The number of amides is 1. The molecule has 0 aliphatic carbocycles. The summed E-state index contributed by atoms with van der Waals surface area (Å²) in [4.78, 5) is 17.0. The number of aliphatic hydroxyl groups is 1. The van der Waals surface area contributed by atoms with Crippen molar-refractivity contribution < 1.29 is 9.90 Å². The van der Waals surface area contributed by atoms with Crippen LogP contribution in [0.4, 0.5) is 0 Å². The van der Waals surface area contributed by atoms with Crippen LogP contribution in [0.25, 0.3) is 0 Å². The molecule has 0 aromatic carbocycles. The predicted octanol–water partition coefficient (Wildman–Crippen LogP) is 1.32. The van der Waals surface area contributed by atoms with Crippen LogP contribution in [-0.2, 0) is 4.79 Å². The molecule has 0 saturated carbocycles. The Labute approximate surface area is 114 Å². The van der Waals surface area contributed by atoms with Gasteiger partial charge in [-0.05, 0) is 38.6 Å². The molecule has 0 spiro atoms. The molecule has 0 radical (unpaired) electrons. The lowest BCUT2D eigenvalue weighted by molar-refractivity contribution is -0.157. The van der Waals surface area contributed by atoms with Gasteiger partial charge in [-0.15, -0.1) is 0 Å². The molecule has 0 aromatic heterocycles. The molecule has 0 aromatic rings. The van der Waals surface area contributed by atoms with Gasteiger partial charge in [-0.1, -0.05) is 12.5 Å². The Balaban J connectivity index is 1.70. The minimum atomic E-state index is -0.576. The molecule has 4 heterocycles. The standard InChI is InChI=1S/C15H22N2O2/c18-14-6-3-5-12-10-8-11(15(19)17(12)14)13-4-1-2-7-16(13)9-10/h5,10-11,13-14,18H,1-4,6-9H2/t10-,11-,13?,14?/m1/s1. The molecule has 1 N–H and O–H groups in total. The molecule has 19 heavy (non-hydrogen) atoms. The van der Waals surface area contributed by atoms with E-state index in [0.717, 1.165) is 38.0 Å². The summed E-state index contributed by atoms with van der Waals surface area (Å²) in [7, 11) is 0. The van der Waals surface area contributed by atoms with E-state index in [2.05, 4.69) is 11.0 Å². The van der Waals surface area contributed by atoms with E-state index in [9.17, 15) is 9.90 Å². The highest BCUT2D eigenvalue weighted by atomic mass is 16.3. The third-order valence-corrected chi connectivity index (χ3v) is 5.45. The van der Waals surface area contributed by atoms with Gasteiger partial charge < -0.3 is 5.11 Å². The molecule has 4 aliphatic heterocycles. The van der Waals surface area contributed by atoms with Crippen molar-refractivity contribution in [3.05, 3.63) is 11.8 Å². The van der Waals surface area contributed by atoms with Crippen molar-refractivity contribution in [2.75, 3.05) is 13.1 Å². The number of hydrogen-bond donors (Lipinski definition) is 1. The van der Waals surface area contributed by atoms with Gasteiger partial charge in [0.25, 0.3) is 0 Å². The Morgan fingerprint density at radius 2 is 2.16 bits per heavy atom. The van der Waals surface area contributed by atoms with Gasteiger partial charge in [0, 0.05) is 24.2 Å². The summed E-state index contributed by atoms with van der Waals surface area (Å²) in [6, 6.07) is 0.438. The van der Waals surface area contributed by atoms with Gasteiger partial charge >= 0.3 is 0 Å². The number of piperidine rings is 3. The van der Waals surface area contributed by atoms with E-state index in [1.807, 2.05) is 0 Å². The largest absolute Gasteiger partial charge is 0.373 e. The first-order chi connectivity index (χ1) is 9.25. The fourth-order valence-corrected chi connectivity index (χ4v) is 4.60. The predicted molar refractivity (Wildman–Crippen MR) is 71.0 cm³/mol. The number of fused-ring (bicyclic) bond motifs is 6. The van der Waals surface area contributed by atoms with Crippen molar-refractivity contribution in [3.8, 4) is 0 Å². The number of rotatable bonds is 0. The maximum Gasteiger partial charge on any atom is 0.233 e. The van der Waals surface area contributed by atoms with Gasteiger partial charge in [0.1, 0.15) is 6.23 Å². The van der Waals surface area contributed by atoms with Crippen molar-refractivity contribution in [1.29, 1.82) is 0 Å². The van der Waals surface area contributed by atoms with E-state index in [1.54, 1.807) is 4.90 Å². The molecule has 4 rings (SSSR count). The first kappa shape index (κ1) is 11.9. The van der Waals surface area contributed by atoms with Crippen molar-refractivity contribution in [3.63, 3.8) is 0 Å². The number of aliphatic hydroxyl groups excluding tert-OH is 1. The van der Waals surface area contributed by atoms with Crippen LogP contribution < -0.4 is 0 Å². The third kappa shape index (κ3) is 1.69. The van der Waals surface area contributed by atoms with E-state index in [0.29, 0.717) is 18.4 Å².